The highest BCUT2D eigenvalue weighted by molar-refractivity contribution is 6.10. The van der Waals surface area contributed by atoms with Gasteiger partial charge in [0.2, 0.25) is 0 Å². The lowest BCUT2D eigenvalue weighted by Gasteiger charge is -2.24. The van der Waals surface area contributed by atoms with Gasteiger partial charge in [-0.1, -0.05) is 6.07 Å². The Morgan fingerprint density at radius 1 is 1.02 bits per heavy atom. The van der Waals surface area contributed by atoms with Crippen molar-refractivity contribution in [3.63, 3.8) is 0 Å². The first-order valence-corrected chi connectivity index (χ1v) is 14.4. The van der Waals surface area contributed by atoms with E-state index in [9.17, 15) is 9.18 Å². The van der Waals surface area contributed by atoms with Gasteiger partial charge in [-0.25, -0.2) is 13.8 Å². The van der Waals surface area contributed by atoms with Crippen molar-refractivity contribution in [1.82, 2.24) is 24.6 Å². The molecule has 1 atom stereocenters. The van der Waals surface area contributed by atoms with Crippen LogP contribution in [0.15, 0.2) is 48.8 Å². The molecule has 7 rings (SSSR count). The maximum atomic E-state index is 15.5. The fraction of sp³-hybridized carbons (Fsp3) is 0.375. The number of carbonyl (C=O) groups excluding carboxylic acids is 1. The normalized spacial score (nSPS) is 18.7. The van der Waals surface area contributed by atoms with Gasteiger partial charge in [0.25, 0.3) is 5.91 Å². The highest BCUT2D eigenvalue weighted by Crippen LogP contribution is 2.43. The summed E-state index contributed by atoms with van der Waals surface area (Å²) < 4.78 is 37.0. The SMILES string of the molecule is COC[C@H]1CCCN1Cc1cc(F)c2c(c1)C(=O)N(c1cc(-c3ccc(F)cc3-c3nncn3C)cc(C3CC3)n1)C2. The molecule has 8 nitrogen and oxygen atoms in total. The molecule has 0 bridgehead atoms. The van der Waals surface area contributed by atoms with E-state index in [4.69, 9.17) is 9.72 Å². The molecule has 0 unspecified atom stereocenters. The van der Waals surface area contributed by atoms with Crippen LogP contribution in [0.2, 0.25) is 0 Å². The zero-order chi connectivity index (χ0) is 29.0. The van der Waals surface area contributed by atoms with Crippen molar-refractivity contribution >= 4 is 11.7 Å². The number of nitrogens with zero attached hydrogens (tertiary/aromatic N) is 6. The number of ether oxygens (including phenoxy) is 1. The smallest absolute Gasteiger partial charge is 0.260 e. The first-order chi connectivity index (χ1) is 20.4. The van der Waals surface area contributed by atoms with E-state index >= 15 is 4.39 Å². The number of hydrogen-bond acceptors (Lipinski definition) is 6. The van der Waals surface area contributed by atoms with Gasteiger partial charge < -0.3 is 9.30 Å². The van der Waals surface area contributed by atoms with Crippen molar-refractivity contribution in [2.75, 3.05) is 25.2 Å². The molecule has 0 spiro atoms. The Morgan fingerprint density at radius 3 is 2.64 bits per heavy atom. The Kier molecular flexibility index (Phi) is 6.82. The summed E-state index contributed by atoms with van der Waals surface area (Å²) in [7, 11) is 3.51. The summed E-state index contributed by atoms with van der Waals surface area (Å²) in [5.41, 5.74) is 4.57. The molecular weight excluding hydrogens is 538 g/mol. The minimum atomic E-state index is -0.382. The average molecular weight is 571 g/mol. The van der Waals surface area contributed by atoms with Gasteiger partial charge in [0.15, 0.2) is 5.82 Å². The Labute approximate surface area is 243 Å². The fourth-order valence-corrected chi connectivity index (χ4v) is 6.31. The molecular formula is C32H32F2N6O2. The molecule has 3 aliphatic rings. The molecule has 0 N–H and O–H groups in total. The Morgan fingerprint density at radius 2 is 1.88 bits per heavy atom. The van der Waals surface area contributed by atoms with Crippen LogP contribution in [-0.4, -0.2) is 56.9 Å². The van der Waals surface area contributed by atoms with Crippen LogP contribution in [0.3, 0.4) is 0 Å². The molecule has 10 heteroatoms. The number of anilines is 1. The van der Waals surface area contributed by atoms with Gasteiger partial charge in [0, 0.05) is 55.0 Å². The van der Waals surface area contributed by atoms with Gasteiger partial charge >= 0.3 is 0 Å². The first kappa shape index (κ1) is 26.9. The van der Waals surface area contributed by atoms with Gasteiger partial charge in [0.1, 0.15) is 23.8 Å². The van der Waals surface area contributed by atoms with E-state index in [-0.39, 0.29) is 24.1 Å². The Balaban J connectivity index is 1.24. The van der Waals surface area contributed by atoms with Crippen LogP contribution in [0.1, 0.15) is 58.8 Å². The van der Waals surface area contributed by atoms with E-state index in [1.165, 1.54) is 12.1 Å². The summed E-state index contributed by atoms with van der Waals surface area (Å²) in [5.74, 6) is 0.270. The van der Waals surface area contributed by atoms with E-state index in [1.54, 1.807) is 35.0 Å². The second-order valence-corrected chi connectivity index (χ2v) is 11.6. The molecule has 1 amide bonds. The number of likely N-dealkylation sites (tertiary alicyclic amines) is 1. The largest absolute Gasteiger partial charge is 0.383 e. The van der Waals surface area contributed by atoms with Crippen LogP contribution < -0.4 is 4.90 Å². The number of aromatic nitrogens is 4. The molecule has 216 valence electrons. The molecule has 2 aromatic heterocycles. The molecule has 1 aliphatic carbocycles. The number of carbonyl (C=O) groups is 1. The second-order valence-electron chi connectivity index (χ2n) is 11.6. The van der Waals surface area contributed by atoms with E-state index in [0.717, 1.165) is 54.6 Å². The summed E-state index contributed by atoms with van der Waals surface area (Å²) in [5, 5.41) is 8.18. The first-order valence-electron chi connectivity index (χ1n) is 14.4. The Bertz CT molecular complexity index is 1680. The highest BCUT2D eigenvalue weighted by atomic mass is 19.1. The highest BCUT2D eigenvalue weighted by Gasteiger charge is 2.35. The van der Waals surface area contributed by atoms with Gasteiger partial charge in [-0.05, 0) is 85.3 Å². The topological polar surface area (TPSA) is 76.4 Å². The molecule has 4 heterocycles. The van der Waals surface area contributed by atoms with Crippen molar-refractivity contribution in [2.45, 2.75) is 50.7 Å². The minimum Gasteiger partial charge on any atom is -0.383 e. The van der Waals surface area contributed by atoms with Crippen LogP contribution in [0.5, 0.6) is 0 Å². The monoisotopic (exact) mass is 570 g/mol. The summed E-state index contributed by atoms with van der Waals surface area (Å²) in [6, 6.07) is 12.1. The van der Waals surface area contributed by atoms with Crippen molar-refractivity contribution < 1.29 is 18.3 Å². The molecule has 42 heavy (non-hydrogen) atoms. The van der Waals surface area contributed by atoms with Crippen LogP contribution in [0.25, 0.3) is 22.5 Å². The van der Waals surface area contributed by atoms with Crippen molar-refractivity contribution in [3.8, 4) is 22.5 Å². The number of pyridine rings is 1. The van der Waals surface area contributed by atoms with Crippen molar-refractivity contribution in [2.24, 2.45) is 7.05 Å². The number of benzene rings is 2. The zero-order valence-electron chi connectivity index (χ0n) is 23.7. The van der Waals surface area contributed by atoms with Crippen LogP contribution in [-0.2, 0) is 24.9 Å². The van der Waals surface area contributed by atoms with Crippen LogP contribution >= 0.6 is 0 Å². The van der Waals surface area contributed by atoms with Crippen LogP contribution in [0, 0.1) is 11.6 Å². The van der Waals surface area contributed by atoms with Gasteiger partial charge in [-0.3, -0.25) is 14.6 Å². The average Bonchev–Trinajstić information content (AvgIpc) is 3.47. The molecule has 2 aromatic carbocycles. The van der Waals surface area contributed by atoms with Crippen molar-refractivity contribution in [1.29, 1.82) is 0 Å². The lowest BCUT2D eigenvalue weighted by Crippen LogP contribution is -2.32. The van der Waals surface area contributed by atoms with Crippen molar-refractivity contribution in [3.05, 3.63) is 82.8 Å². The molecule has 2 fully saturated rings. The summed E-state index contributed by atoms with van der Waals surface area (Å²) in [6.07, 6.45) is 5.73. The third kappa shape index (κ3) is 4.88. The summed E-state index contributed by atoms with van der Waals surface area (Å²) in [4.78, 5) is 22.5. The molecule has 1 saturated carbocycles. The minimum absolute atomic E-state index is 0.108. The number of hydrogen-bond donors (Lipinski definition) is 0. The Hall–Kier alpha value is -4.02. The van der Waals surface area contributed by atoms with Crippen LogP contribution in [0.4, 0.5) is 14.6 Å². The lowest BCUT2D eigenvalue weighted by atomic mass is 9.98. The van der Waals surface area contributed by atoms with Gasteiger partial charge in [-0.2, -0.15) is 0 Å². The van der Waals surface area contributed by atoms with Gasteiger partial charge in [0.05, 0.1) is 13.2 Å². The van der Waals surface area contributed by atoms with E-state index in [2.05, 4.69) is 15.1 Å². The standard InChI is InChI=1S/C32H32F2N6O2/c1-38-18-35-37-31(38)25-14-22(33)7-8-24(25)21-12-29(20-5-6-20)36-30(13-21)40-16-27-26(32(40)41)10-19(11-28(27)34)15-39-9-3-4-23(39)17-42-2/h7-8,10-14,18,20,23H,3-6,9,15-17H2,1-2H3/t23-/m1/s1. The number of rotatable bonds is 8. The fourth-order valence-electron chi connectivity index (χ4n) is 6.31. The van der Waals surface area contributed by atoms with Gasteiger partial charge in [-0.15, -0.1) is 10.2 Å². The molecule has 0 radical (unpaired) electrons. The maximum Gasteiger partial charge on any atom is 0.260 e. The lowest BCUT2D eigenvalue weighted by molar-refractivity contribution is 0.0995. The summed E-state index contributed by atoms with van der Waals surface area (Å²) in [6.45, 7) is 2.24. The predicted octanol–water partition coefficient (Wildman–Crippen LogP) is 5.47. The number of amides is 1. The third-order valence-electron chi connectivity index (χ3n) is 8.64. The second kappa shape index (κ2) is 10.7. The summed E-state index contributed by atoms with van der Waals surface area (Å²) >= 11 is 0. The zero-order valence-corrected chi connectivity index (χ0v) is 23.7. The van der Waals surface area contributed by atoms with E-state index in [1.807, 2.05) is 25.2 Å². The number of aryl methyl sites for hydroxylation is 1. The number of fused-ring (bicyclic) bond motifs is 1. The maximum absolute atomic E-state index is 15.5. The predicted molar refractivity (Wildman–Crippen MR) is 154 cm³/mol. The molecule has 4 aromatic rings. The molecule has 2 aliphatic heterocycles. The number of halogens is 2. The number of methoxy groups -OCH3 is 1. The molecule has 1 saturated heterocycles. The van der Waals surface area contributed by atoms with E-state index < -0.39 is 0 Å². The van der Waals surface area contributed by atoms with E-state index in [0.29, 0.717) is 53.4 Å². The third-order valence-corrected chi connectivity index (χ3v) is 8.64. The quantitative estimate of drug-likeness (QED) is 0.280.